The highest BCUT2D eigenvalue weighted by Gasteiger charge is 2.21. The van der Waals surface area contributed by atoms with Crippen LogP contribution in [0.5, 0.6) is 0 Å². The number of benzene rings is 1. The normalized spacial score (nSPS) is 12.0. The fourth-order valence-corrected chi connectivity index (χ4v) is 2.66. The van der Waals surface area contributed by atoms with E-state index in [4.69, 9.17) is 4.42 Å². The van der Waals surface area contributed by atoms with E-state index in [1.54, 1.807) is 42.4 Å². The first-order valence-corrected chi connectivity index (χ1v) is 9.32. The first kappa shape index (κ1) is 20.6. The van der Waals surface area contributed by atoms with Crippen molar-refractivity contribution in [3.63, 3.8) is 0 Å². The Morgan fingerprint density at radius 2 is 2.00 bits per heavy atom. The zero-order chi connectivity index (χ0) is 21.0. The van der Waals surface area contributed by atoms with Crippen LogP contribution in [0.1, 0.15) is 18.9 Å². The summed E-state index contributed by atoms with van der Waals surface area (Å²) in [5.41, 5.74) is 0.552. The van der Waals surface area contributed by atoms with E-state index < -0.39 is 4.92 Å². The summed E-state index contributed by atoms with van der Waals surface area (Å²) in [6.45, 7) is 1.92. The van der Waals surface area contributed by atoms with Gasteiger partial charge in [0.15, 0.2) is 0 Å². The third-order valence-corrected chi connectivity index (χ3v) is 4.64. The van der Waals surface area contributed by atoms with Crippen molar-refractivity contribution >= 4 is 33.3 Å². The number of rotatable bonds is 7. The van der Waals surface area contributed by atoms with E-state index in [1.807, 2.05) is 6.92 Å². The van der Waals surface area contributed by atoms with Gasteiger partial charge in [-0.15, -0.1) is 10.2 Å². The van der Waals surface area contributed by atoms with Crippen molar-refractivity contribution < 1.29 is 14.1 Å². The number of carbonyl (C=O) groups excluding carboxylic acids is 1. The Morgan fingerprint density at radius 3 is 2.62 bits per heavy atom. The van der Waals surface area contributed by atoms with Gasteiger partial charge in [0, 0.05) is 28.4 Å². The number of likely N-dealkylation sites (N-methyl/N-ethyl adjacent to an activating group) is 1. The van der Waals surface area contributed by atoms with Crippen LogP contribution >= 0.6 is 15.9 Å². The molecule has 10 nitrogen and oxygen atoms in total. The Hall–Kier alpha value is -3.18. The maximum atomic E-state index is 12.2. The van der Waals surface area contributed by atoms with Crippen LogP contribution in [0.2, 0.25) is 0 Å². The van der Waals surface area contributed by atoms with Gasteiger partial charge >= 0.3 is 0 Å². The number of nitro groups is 1. The second-order valence-corrected chi connectivity index (χ2v) is 7.17. The summed E-state index contributed by atoms with van der Waals surface area (Å²) < 4.78 is 6.50. The van der Waals surface area contributed by atoms with Crippen molar-refractivity contribution in [1.29, 1.82) is 0 Å². The Balaban J connectivity index is 1.62. The summed E-state index contributed by atoms with van der Waals surface area (Å²) in [7, 11) is 1.76. The van der Waals surface area contributed by atoms with Crippen LogP contribution in [-0.2, 0) is 4.79 Å². The molecular formula is C18H17BrN6O4. The summed E-state index contributed by atoms with van der Waals surface area (Å²) >= 11 is 3.29. The van der Waals surface area contributed by atoms with Gasteiger partial charge in [0.2, 0.25) is 17.7 Å². The van der Waals surface area contributed by atoms with Crippen LogP contribution in [0.15, 0.2) is 51.5 Å². The van der Waals surface area contributed by atoms with Crippen molar-refractivity contribution in [2.75, 3.05) is 18.9 Å². The molecule has 1 N–H and O–H groups in total. The number of nitrogens with zero attached hydrogens (tertiary/aromatic N) is 5. The minimum atomic E-state index is -0.477. The van der Waals surface area contributed by atoms with E-state index >= 15 is 0 Å². The Kier molecular flexibility index (Phi) is 6.29. The molecule has 0 aliphatic carbocycles. The number of non-ortho nitro benzene ring substituents is 1. The number of aromatic nitrogens is 3. The Labute approximate surface area is 174 Å². The Bertz CT molecular complexity index is 1010. The molecule has 1 atom stereocenters. The molecule has 150 valence electrons. The molecule has 29 heavy (non-hydrogen) atoms. The molecule has 0 saturated heterocycles. The largest absolute Gasteiger partial charge is 0.419 e. The highest BCUT2D eigenvalue weighted by atomic mass is 79.9. The average Bonchev–Trinajstić information content (AvgIpc) is 3.19. The number of hydrogen-bond acceptors (Lipinski definition) is 8. The smallest absolute Gasteiger partial charge is 0.269 e. The van der Waals surface area contributed by atoms with Crippen LogP contribution in [-0.4, -0.2) is 44.5 Å². The molecule has 0 radical (unpaired) electrons. The van der Waals surface area contributed by atoms with E-state index in [-0.39, 0.29) is 30.1 Å². The SMILES string of the molecule is CC(c1nnc(-c2ccc([N+](=O)[O-])cc2)o1)N(C)CC(=O)Nc1ccc(Br)cn1. The zero-order valence-electron chi connectivity index (χ0n) is 15.6. The molecule has 1 amide bonds. The van der Waals surface area contributed by atoms with Crippen LogP contribution in [0, 0.1) is 10.1 Å². The molecule has 2 heterocycles. The predicted molar refractivity (Wildman–Crippen MR) is 108 cm³/mol. The second-order valence-electron chi connectivity index (χ2n) is 6.25. The molecule has 0 aliphatic rings. The van der Waals surface area contributed by atoms with Gasteiger partial charge in [-0.05, 0) is 54.2 Å². The Morgan fingerprint density at radius 1 is 1.28 bits per heavy atom. The van der Waals surface area contributed by atoms with Crippen LogP contribution < -0.4 is 5.32 Å². The lowest BCUT2D eigenvalue weighted by molar-refractivity contribution is -0.384. The maximum Gasteiger partial charge on any atom is 0.269 e. The molecule has 11 heteroatoms. The lowest BCUT2D eigenvalue weighted by Gasteiger charge is -2.20. The average molecular weight is 461 g/mol. The number of nitrogens with one attached hydrogen (secondary N) is 1. The van der Waals surface area contributed by atoms with E-state index in [0.717, 1.165) is 4.47 Å². The molecule has 1 unspecified atom stereocenters. The summed E-state index contributed by atoms with van der Waals surface area (Å²) in [5, 5.41) is 21.5. The molecule has 2 aromatic heterocycles. The van der Waals surface area contributed by atoms with E-state index in [1.165, 1.54) is 12.1 Å². The highest BCUT2D eigenvalue weighted by Crippen LogP contribution is 2.24. The number of anilines is 1. The first-order valence-electron chi connectivity index (χ1n) is 8.53. The highest BCUT2D eigenvalue weighted by molar-refractivity contribution is 9.10. The molecule has 0 fully saturated rings. The van der Waals surface area contributed by atoms with Gasteiger partial charge in [0.05, 0.1) is 17.5 Å². The van der Waals surface area contributed by atoms with Gasteiger partial charge in [0.1, 0.15) is 5.82 Å². The van der Waals surface area contributed by atoms with Crippen LogP contribution in [0.25, 0.3) is 11.5 Å². The van der Waals surface area contributed by atoms with Gasteiger partial charge in [-0.3, -0.25) is 19.8 Å². The molecule has 0 saturated carbocycles. The van der Waals surface area contributed by atoms with Gasteiger partial charge < -0.3 is 9.73 Å². The zero-order valence-corrected chi connectivity index (χ0v) is 17.2. The van der Waals surface area contributed by atoms with E-state index in [9.17, 15) is 14.9 Å². The fraction of sp³-hybridized carbons (Fsp3) is 0.222. The van der Waals surface area contributed by atoms with Crippen molar-refractivity contribution in [1.82, 2.24) is 20.1 Å². The monoisotopic (exact) mass is 460 g/mol. The third kappa shape index (κ3) is 5.21. The summed E-state index contributed by atoms with van der Waals surface area (Å²) in [4.78, 5) is 28.4. The van der Waals surface area contributed by atoms with E-state index in [2.05, 4.69) is 36.4 Å². The minimum absolute atomic E-state index is 0.0205. The molecular weight excluding hydrogens is 444 g/mol. The van der Waals surface area contributed by atoms with Crippen molar-refractivity contribution in [3.05, 3.63) is 63.1 Å². The summed E-state index contributed by atoms with van der Waals surface area (Å²) in [6.07, 6.45) is 1.60. The number of pyridine rings is 1. The van der Waals surface area contributed by atoms with Gasteiger partial charge in [-0.1, -0.05) is 0 Å². The van der Waals surface area contributed by atoms with Gasteiger partial charge in [-0.25, -0.2) is 4.98 Å². The first-order chi connectivity index (χ1) is 13.8. The molecule has 3 aromatic rings. The summed E-state index contributed by atoms with van der Waals surface area (Å²) in [6, 6.07) is 8.99. The van der Waals surface area contributed by atoms with Crippen molar-refractivity contribution in [3.8, 4) is 11.5 Å². The topological polar surface area (TPSA) is 127 Å². The fourth-order valence-electron chi connectivity index (χ4n) is 2.43. The number of carbonyl (C=O) groups is 1. The second kappa shape index (κ2) is 8.88. The van der Waals surface area contributed by atoms with Gasteiger partial charge in [0.25, 0.3) is 5.69 Å². The lowest BCUT2D eigenvalue weighted by atomic mass is 10.2. The quantitative estimate of drug-likeness (QED) is 0.419. The predicted octanol–water partition coefficient (Wildman–Crippen LogP) is 3.43. The van der Waals surface area contributed by atoms with Crippen molar-refractivity contribution in [2.45, 2.75) is 13.0 Å². The van der Waals surface area contributed by atoms with E-state index in [0.29, 0.717) is 17.3 Å². The standard InChI is InChI=1S/C18H17BrN6O4/c1-11(24(2)10-16(26)21-15-8-5-13(19)9-20-15)17-22-23-18(29-17)12-3-6-14(7-4-12)25(27)28/h3-9,11H,10H2,1-2H3,(H,20,21,26). The summed E-state index contributed by atoms with van der Waals surface area (Å²) in [5.74, 6) is 0.802. The molecule has 0 bridgehead atoms. The molecule has 0 spiro atoms. The number of nitro benzene ring substituents is 1. The van der Waals surface area contributed by atoms with Gasteiger partial charge in [-0.2, -0.15) is 0 Å². The minimum Gasteiger partial charge on any atom is -0.419 e. The van der Waals surface area contributed by atoms with Crippen LogP contribution in [0.3, 0.4) is 0 Å². The number of halogens is 1. The van der Waals surface area contributed by atoms with Crippen LogP contribution in [0.4, 0.5) is 11.5 Å². The maximum absolute atomic E-state index is 12.2. The molecule has 1 aromatic carbocycles. The number of amides is 1. The molecule has 3 rings (SSSR count). The molecule has 0 aliphatic heterocycles. The number of hydrogen-bond donors (Lipinski definition) is 1. The van der Waals surface area contributed by atoms with Crippen molar-refractivity contribution in [2.24, 2.45) is 0 Å². The lowest BCUT2D eigenvalue weighted by Crippen LogP contribution is -2.32. The third-order valence-electron chi connectivity index (χ3n) is 4.17.